The van der Waals surface area contributed by atoms with E-state index in [1.807, 2.05) is 0 Å². The molecule has 0 heterocycles. The number of benzene rings is 1. The van der Waals surface area contributed by atoms with Crippen LogP contribution < -0.4 is 5.73 Å². The highest BCUT2D eigenvalue weighted by Gasteiger charge is 1.95. The zero-order chi connectivity index (χ0) is 7.56. The molecule has 10 heavy (non-hydrogen) atoms. The summed E-state index contributed by atoms with van der Waals surface area (Å²) in [6.07, 6.45) is 0. The van der Waals surface area contributed by atoms with Gasteiger partial charge in [-0.15, -0.1) is 0 Å². The van der Waals surface area contributed by atoms with Gasteiger partial charge in [0.25, 0.3) is 0 Å². The van der Waals surface area contributed by atoms with Crippen LogP contribution in [0.5, 0.6) is 0 Å². The van der Waals surface area contributed by atoms with Crippen molar-refractivity contribution in [3.63, 3.8) is 0 Å². The van der Waals surface area contributed by atoms with Crippen molar-refractivity contribution >= 4 is 21.6 Å². The molecule has 0 fully saturated rings. The standard InChI is InChI=1S/C7H7BrFN/c8-6-3-5(4-9)1-2-7(6)10/h1-3H,4,10H2. The third-order valence-corrected chi connectivity index (χ3v) is 1.91. The molecule has 0 spiro atoms. The number of alkyl halides is 1. The molecule has 1 rings (SSSR count). The molecule has 0 unspecified atom stereocenters. The highest BCUT2D eigenvalue weighted by Crippen LogP contribution is 2.20. The molecule has 0 amide bonds. The Bertz CT molecular complexity index is 237. The van der Waals surface area contributed by atoms with Crippen LogP contribution in [0.4, 0.5) is 10.1 Å². The Morgan fingerprint density at radius 1 is 1.50 bits per heavy atom. The van der Waals surface area contributed by atoms with Gasteiger partial charge in [0.05, 0.1) is 0 Å². The molecule has 0 aromatic heterocycles. The van der Waals surface area contributed by atoms with Gasteiger partial charge in [0.15, 0.2) is 0 Å². The number of anilines is 1. The summed E-state index contributed by atoms with van der Waals surface area (Å²) >= 11 is 3.20. The molecule has 1 nitrogen and oxygen atoms in total. The van der Waals surface area contributed by atoms with E-state index in [4.69, 9.17) is 5.73 Å². The van der Waals surface area contributed by atoms with Crippen LogP contribution in [0.2, 0.25) is 0 Å². The smallest absolute Gasteiger partial charge is 0.115 e. The van der Waals surface area contributed by atoms with Crippen molar-refractivity contribution in [1.29, 1.82) is 0 Å². The minimum Gasteiger partial charge on any atom is -0.398 e. The molecule has 0 saturated carbocycles. The first-order valence-corrected chi connectivity index (χ1v) is 3.63. The van der Waals surface area contributed by atoms with Gasteiger partial charge in [0.1, 0.15) is 6.67 Å². The van der Waals surface area contributed by atoms with Crippen molar-refractivity contribution in [2.45, 2.75) is 6.67 Å². The van der Waals surface area contributed by atoms with Gasteiger partial charge in [0, 0.05) is 10.2 Å². The Morgan fingerprint density at radius 2 is 2.20 bits per heavy atom. The highest BCUT2D eigenvalue weighted by atomic mass is 79.9. The van der Waals surface area contributed by atoms with Gasteiger partial charge in [-0.2, -0.15) is 0 Å². The zero-order valence-electron chi connectivity index (χ0n) is 5.27. The lowest BCUT2D eigenvalue weighted by molar-refractivity contribution is 0.485. The second-order valence-electron chi connectivity index (χ2n) is 1.99. The van der Waals surface area contributed by atoms with Crippen molar-refractivity contribution in [1.82, 2.24) is 0 Å². The van der Waals surface area contributed by atoms with Crippen LogP contribution in [0, 0.1) is 0 Å². The molecular formula is C7H7BrFN. The molecule has 0 saturated heterocycles. The lowest BCUT2D eigenvalue weighted by atomic mass is 10.2. The first-order chi connectivity index (χ1) is 4.74. The number of hydrogen-bond acceptors (Lipinski definition) is 1. The van der Waals surface area contributed by atoms with E-state index in [1.165, 1.54) is 0 Å². The normalized spacial score (nSPS) is 9.80. The second-order valence-corrected chi connectivity index (χ2v) is 2.84. The molecule has 2 N–H and O–H groups in total. The molecule has 0 aliphatic heterocycles. The zero-order valence-corrected chi connectivity index (χ0v) is 6.86. The van der Waals surface area contributed by atoms with Gasteiger partial charge in [-0.05, 0) is 33.6 Å². The summed E-state index contributed by atoms with van der Waals surface area (Å²) in [6, 6.07) is 5.02. The Hall–Kier alpha value is -0.570. The Balaban J connectivity index is 3.04. The molecule has 0 aliphatic rings. The predicted octanol–water partition coefficient (Wildman–Crippen LogP) is 2.50. The lowest BCUT2D eigenvalue weighted by Gasteiger charge is -1.98. The molecule has 0 atom stereocenters. The van der Waals surface area contributed by atoms with Gasteiger partial charge < -0.3 is 5.73 Å². The summed E-state index contributed by atoms with van der Waals surface area (Å²) < 4.78 is 12.7. The van der Waals surface area contributed by atoms with Crippen molar-refractivity contribution in [3.05, 3.63) is 28.2 Å². The maximum absolute atomic E-state index is 12.0. The predicted molar refractivity (Wildman–Crippen MR) is 43.4 cm³/mol. The van der Waals surface area contributed by atoms with E-state index in [-0.39, 0.29) is 0 Å². The van der Waals surface area contributed by atoms with Gasteiger partial charge in [-0.3, -0.25) is 0 Å². The van der Waals surface area contributed by atoms with E-state index in [0.29, 0.717) is 11.3 Å². The molecule has 0 aliphatic carbocycles. The molecule has 54 valence electrons. The van der Waals surface area contributed by atoms with E-state index >= 15 is 0 Å². The molecular weight excluding hydrogens is 197 g/mol. The molecule has 1 aromatic carbocycles. The van der Waals surface area contributed by atoms with Crippen molar-refractivity contribution in [2.75, 3.05) is 5.73 Å². The Labute approximate surface area is 67.2 Å². The molecule has 1 aromatic rings. The largest absolute Gasteiger partial charge is 0.398 e. The first-order valence-electron chi connectivity index (χ1n) is 2.84. The van der Waals surface area contributed by atoms with Crippen LogP contribution in [0.1, 0.15) is 5.56 Å². The van der Waals surface area contributed by atoms with Gasteiger partial charge in [-0.1, -0.05) is 6.07 Å². The number of hydrogen-bond donors (Lipinski definition) is 1. The second kappa shape index (κ2) is 3.01. The van der Waals surface area contributed by atoms with E-state index in [0.717, 1.165) is 4.47 Å². The monoisotopic (exact) mass is 203 g/mol. The SMILES string of the molecule is Nc1ccc(CF)cc1Br. The summed E-state index contributed by atoms with van der Waals surface area (Å²) in [6.45, 7) is -0.446. The third kappa shape index (κ3) is 1.48. The van der Waals surface area contributed by atoms with Crippen LogP contribution in [-0.4, -0.2) is 0 Å². The number of nitrogens with two attached hydrogens (primary N) is 1. The lowest BCUT2D eigenvalue weighted by Crippen LogP contribution is -1.87. The topological polar surface area (TPSA) is 26.0 Å². The van der Waals surface area contributed by atoms with E-state index < -0.39 is 6.67 Å². The fourth-order valence-corrected chi connectivity index (χ4v) is 1.08. The van der Waals surface area contributed by atoms with Crippen LogP contribution in [-0.2, 0) is 6.67 Å². The van der Waals surface area contributed by atoms with E-state index in [2.05, 4.69) is 15.9 Å². The Morgan fingerprint density at radius 3 is 2.70 bits per heavy atom. The first kappa shape index (κ1) is 7.54. The maximum atomic E-state index is 12.0. The fraction of sp³-hybridized carbons (Fsp3) is 0.143. The van der Waals surface area contributed by atoms with E-state index in [1.54, 1.807) is 18.2 Å². The van der Waals surface area contributed by atoms with Gasteiger partial charge >= 0.3 is 0 Å². The van der Waals surface area contributed by atoms with Crippen LogP contribution in [0.3, 0.4) is 0 Å². The summed E-state index contributed by atoms with van der Waals surface area (Å²) in [5.74, 6) is 0. The summed E-state index contributed by atoms with van der Waals surface area (Å²) in [5.41, 5.74) is 6.75. The fourth-order valence-electron chi connectivity index (χ4n) is 0.654. The average molecular weight is 204 g/mol. The van der Waals surface area contributed by atoms with Crippen molar-refractivity contribution in [3.8, 4) is 0 Å². The molecule has 0 radical (unpaired) electrons. The third-order valence-electron chi connectivity index (χ3n) is 1.22. The van der Waals surface area contributed by atoms with Crippen LogP contribution in [0.25, 0.3) is 0 Å². The summed E-state index contributed by atoms with van der Waals surface area (Å²) in [4.78, 5) is 0. The minimum atomic E-state index is -0.446. The summed E-state index contributed by atoms with van der Waals surface area (Å²) in [7, 11) is 0. The number of nitrogen functional groups attached to an aromatic ring is 1. The van der Waals surface area contributed by atoms with Gasteiger partial charge in [0.2, 0.25) is 0 Å². The van der Waals surface area contributed by atoms with Gasteiger partial charge in [-0.25, -0.2) is 4.39 Å². The molecule has 3 heteroatoms. The highest BCUT2D eigenvalue weighted by molar-refractivity contribution is 9.10. The number of halogens is 2. The van der Waals surface area contributed by atoms with E-state index in [9.17, 15) is 4.39 Å². The van der Waals surface area contributed by atoms with Crippen LogP contribution >= 0.6 is 15.9 Å². The summed E-state index contributed by atoms with van der Waals surface area (Å²) in [5, 5.41) is 0. The molecule has 0 bridgehead atoms. The minimum absolute atomic E-state index is 0.446. The average Bonchev–Trinajstić information content (AvgIpc) is 1.95. The van der Waals surface area contributed by atoms with Crippen LogP contribution in [0.15, 0.2) is 22.7 Å². The number of rotatable bonds is 1. The maximum Gasteiger partial charge on any atom is 0.115 e. The van der Waals surface area contributed by atoms with Crippen molar-refractivity contribution in [2.24, 2.45) is 0 Å². The van der Waals surface area contributed by atoms with Crippen molar-refractivity contribution < 1.29 is 4.39 Å². The Kier molecular flexibility index (Phi) is 2.27. The quantitative estimate of drug-likeness (QED) is 0.698.